The van der Waals surface area contributed by atoms with Gasteiger partial charge in [0.25, 0.3) is 0 Å². The second kappa shape index (κ2) is 10.00. The molecule has 2 N–H and O–H groups in total. The van der Waals surface area contributed by atoms with Crippen molar-refractivity contribution in [2.75, 3.05) is 46.1 Å². The van der Waals surface area contributed by atoms with Gasteiger partial charge < -0.3 is 24.6 Å². The highest BCUT2D eigenvalue weighted by atomic mass is 16.7. The zero-order valence-corrected chi connectivity index (χ0v) is 11.4. The molecule has 1 rings (SSSR count). The molecule has 19 heavy (non-hydrogen) atoms. The van der Waals surface area contributed by atoms with Gasteiger partial charge in [0, 0.05) is 12.5 Å². The number of nitrogens with zero attached hydrogens (tertiary/aromatic N) is 1. The van der Waals surface area contributed by atoms with Crippen molar-refractivity contribution >= 4 is 6.16 Å². The highest BCUT2D eigenvalue weighted by Gasteiger charge is 2.12. The Morgan fingerprint density at radius 3 is 2.42 bits per heavy atom. The zero-order chi connectivity index (χ0) is 13.9. The third-order valence-corrected chi connectivity index (χ3v) is 3.24. The van der Waals surface area contributed by atoms with Crippen LogP contribution in [0.3, 0.4) is 0 Å². The van der Waals surface area contributed by atoms with Crippen molar-refractivity contribution in [2.24, 2.45) is 5.92 Å². The van der Waals surface area contributed by atoms with Crippen LogP contribution in [0.25, 0.3) is 0 Å². The Hall–Kier alpha value is -0.850. The van der Waals surface area contributed by atoms with E-state index in [1.807, 2.05) is 0 Å². The Kier molecular flexibility index (Phi) is 8.53. The molecule has 112 valence electrons. The van der Waals surface area contributed by atoms with Gasteiger partial charge in [0.15, 0.2) is 0 Å². The molecule has 0 aromatic carbocycles. The fourth-order valence-electron chi connectivity index (χ4n) is 2.02. The van der Waals surface area contributed by atoms with E-state index in [-0.39, 0.29) is 19.8 Å². The van der Waals surface area contributed by atoms with Crippen molar-refractivity contribution < 1.29 is 24.5 Å². The van der Waals surface area contributed by atoms with Crippen molar-refractivity contribution in [2.45, 2.75) is 25.7 Å². The fraction of sp³-hybridized carbons (Fsp3) is 0.923. The van der Waals surface area contributed by atoms with Crippen molar-refractivity contribution in [1.29, 1.82) is 0 Å². The van der Waals surface area contributed by atoms with Crippen molar-refractivity contribution in [3.05, 3.63) is 0 Å². The minimum Gasteiger partial charge on any atom is -0.434 e. The Bertz CT molecular complexity index is 239. The number of ether oxygens (including phenoxy) is 2. The molecular weight excluding hydrogens is 250 g/mol. The molecule has 0 atom stereocenters. The summed E-state index contributed by atoms with van der Waals surface area (Å²) in [5.41, 5.74) is 0. The van der Waals surface area contributed by atoms with Gasteiger partial charge in [0.2, 0.25) is 0 Å². The molecule has 1 aliphatic rings. The zero-order valence-electron chi connectivity index (χ0n) is 11.4. The fourth-order valence-corrected chi connectivity index (χ4v) is 2.02. The standard InChI is InChI=1S/C13H25NO5/c15-9-12(10-16)11-19-13(17)18-8-4-7-14-5-2-1-3-6-14/h12,15-16H,1-11H2. The number of hydrogen-bond acceptors (Lipinski definition) is 6. The van der Waals surface area contributed by atoms with Gasteiger partial charge in [-0.1, -0.05) is 6.42 Å². The van der Waals surface area contributed by atoms with Gasteiger partial charge in [0.1, 0.15) is 6.61 Å². The van der Waals surface area contributed by atoms with E-state index in [1.165, 1.54) is 19.3 Å². The van der Waals surface area contributed by atoms with Crippen LogP contribution in [-0.4, -0.2) is 67.3 Å². The van der Waals surface area contributed by atoms with Crippen LogP contribution >= 0.6 is 0 Å². The molecule has 1 saturated heterocycles. The second-order valence-electron chi connectivity index (χ2n) is 4.90. The van der Waals surface area contributed by atoms with Crippen LogP contribution in [-0.2, 0) is 9.47 Å². The first-order valence-corrected chi connectivity index (χ1v) is 7.00. The highest BCUT2D eigenvalue weighted by Crippen LogP contribution is 2.08. The summed E-state index contributed by atoms with van der Waals surface area (Å²) in [5, 5.41) is 17.6. The number of aliphatic hydroxyl groups is 2. The summed E-state index contributed by atoms with van der Waals surface area (Å²) in [7, 11) is 0. The quantitative estimate of drug-likeness (QED) is 0.499. The van der Waals surface area contributed by atoms with Crippen LogP contribution in [0.2, 0.25) is 0 Å². The minimum atomic E-state index is -0.731. The average molecular weight is 275 g/mol. The van der Waals surface area contributed by atoms with Crippen molar-refractivity contribution in [3.8, 4) is 0 Å². The Balaban J connectivity index is 1.97. The van der Waals surface area contributed by atoms with Gasteiger partial charge >= 0.3 is 6.16 Å². The molecule has 0 amide bonds. The monoisotopic (exact) mass is 275 g/mol. The lowest BCUT2D eigenvalue weighted by Gasteiger charge is -2.26. The summed E-state index contributed by atoms with van der Waals surface area (Å²) in [5.74, 6) is -0.430. The molecule has 6 nitrogen and oxygen atoms in total. The SMILES string of the molecule is O=C(OCCCN1CCCCC1)OCC(CO)CO. The number of carbonyl (C=O) groups excluding carboxylic acids is 1. The van der Waals surface area contributed by atoms with Gasteiger partial charge in [-0.05, 0) is 32.4 Å². The largest absolute Gasteiger partial charge is 0.508 e. The first-order valence-electron chi connectivity index (χ1n) is 7.00. The third kappa shape index (κ3) is 7.34. The molecular formula is C13H25NO5. The number of hydrogen-bond donors (Lipinski definition) is 2. The van der Waals surface area contributed by atoms with Gasteiger partial charge in [-0.25, -0.2) is 4.79 Å². The molecule has 0 saturated carbocycles. The molecule has 0 radical (unpaired) electrons. The maximum Gasteiger partial charge on any atom is 0.508 e. The molecule has 1 fully saturated rings. The van der Waals surface area contributed by atoms with E-state index in [0.29, 0.717) is 6.61 Å². The lowest BCUT2D eigenvalue weighted by atomic mass is 10.1. The van der Waals surface area contributed by atoms with Gasteiger partial charge in [-0.3, -0.25) is 0 Å². The molecule has 0 aliphatic carbocycles. The summed E-state index contributed by atoms with van der Waals surface area (Å²) in [6, 6.07) is 0. The van der Waals surface area contributed by atoms with Crippen LogP contribution < -0.4 is 0 Å². The van der Waals surface area contributed by atoms with E-state index in [1.54, 1.807) is 0 Å². The first-order chi connectivity index (χ1) is 9.26. The topological polar surface area (TPSA) is 79.2 Å². The van der Waals surface area contributed by atoms with Gasteiger partial charge in [-0.2, -0.15) is 0 Å². The van der Waals surface area contributed by atoms with E-state index >= 15 is 0 Å². The predicted octanol–water partition coefficient (Wildman–Crippen LogP) is 0.616. The maximum atomic E-state index is 11.2. The molecule has 0 unspecified atom stereocenters. The van der Waals surface area contributed by atoms with Gasteiger partial charge in [-0.15, -0.1) is 0 Å². The summed E-state index contributed by atoms with van der Waals surface area (Å²) in [6.07, 6.45) is 3.90. The Labute approximate surface area is 114 Å². The molecule has 0 aromatic heterocycles. The Morgan fingerprint density at radius 2 is 1.79 bits per heavy atom. The van der Waals surface area contributed by atoms with E-state index in [4.69, 9.17) is 19.7 Å². The highest BCUT2D eigenvalue weighted by molar-refractivity contribution is 5.59. The van der Waals surface area contributed by atoms with E-state index in [0.717, 1.165) is 26.1 Å². The van der Waals surface area contributed by atoms with Crippen LogP contribution in [0.1, 0.15) is 25.7 Å². The van der Waals surface area contributed by atoms with E-state index in [9.17, 15) is 4.79 Å². The summed E-state index contributed by atoms with van der Waals surface area (Å²) < 4.78 is 9.70. The smallest absolute Gasteiger partial charge is 0.434 e. The first kappa shape index (κ1) is 16.2. The van der Waals surface area contributed by atoms with Crippen LogP contribution in [0.4, 0.5) is 4.79 Å². The summed E-state index contributed by atoms with van der Waals surface area (Å²) >= 11 is 0. The molecule has 1 heterocycles. The number of rotatable bonds is 8. The number of carbonyl (C=O) groups is 1. The molecule has 1 aliphatic heterocycles. The summed E-state index contributed by atoms with van der Waals surface area (Å²) in [4.78, 5) is 13.6. The maximum absolute atomic E-state index is 11.2. The second-order valence-corrected chi connectivity index (χ2v) is 4.90. The number of aliphatic hydroxyl groups excluding tert-OH is 2. The molecule has 0 aromatic rings. The van der Waals surface area contributed by atoms with E-state index < -0.39 is 12.1 Å². The third-order valence-electron chi connectivity index (χ3n) is 3.24. The van der Waals surface area contributed by atoms with Crippen molar-refractivity contribution in [1.82, 2.24) is 4.90 Å². The lowest BCUT2D eigenvalue weighted by molar-refractivity contribution is 0.0232. The average Bonchev–Trinajstić information content (AvgIpc) is 2.46. The molecule has 6 heteroatoms. The van der Waals surface area contributed by atoms with E-state index in [2.05, 4.69) is 4.90 Å². The lowest BCUT2D eigenvalue weighted by Crippen LogP contribution is -2.31. The molecule has 0 bridgehead atoms. The van der Waals surface area contributed by atoms with Crippen molar-refractivity contribution in [3.63, 3.8) is 0 Å². The van der Waals surface area contributed by atoms with Crippen LogP contribution in [0.5, 0.6) is 0 Å². The van der Waals surface area contributed by atoms with Crippen LogP contribution in [0, 0.1) is 5.92 Å². The predicted molar refractivity (Wildman–Crippen MR) is 69.9 cm³/mol. The number of piperidine rings is 1. The minimum absolute atomic E-state index is 0.0159. The Morgan fingerprint density at radius 1 is 1.11 bits per heavy atom. The van der Waals surface area contributed by atoms with Crippen LogP contribution in [0.15, 0.2) is 0 Å². The van der Waals surface area contributed by atoms with Gasteiger partial charge in [0.05, 0.1) is 19.8 Å². The number of likely N-dealkylation sites (tertiary alicyclic amines) is 1. The summed E-state index contributed by atoms with van der Waals surface area (Å²) in [6.45, 7) is 3.13. The normalized spacial score (nSPS) is 16.6. The molecule has 0 spiro atoms.